The summed E-state index contributed by atoms with van der Waals surface area (Å²) >= 11 is 0. The Bertz CT molecular complexity index is 847. The smallest absolute Gasteiger partial charge is 0.355 e. The molecule has 0 fully saturated rings. The van der Waals surface area contributed by atoms with Gasteiger partial charge in [-0.25, -0.2) is 4.79 Å². The van der Waals surface area contributed by atoms with Crippen molar-refractivity contribution >= 4 is 5.97 Å². The Balaban J connectivity index is 0.00000233. The van der Waals surface area contributed by atoms with Crippen LogP contribution in [-0.4, -0.2) is 53.6 Å². The molecular formula is C23H34N2O6. The number of nitrogens with one attached hydrogen (secondary N) is 2. The van der Waals surface area contributed by atoms with Gasteiger partial charge in [0.1, 0.15) is 5.69 Å². The molecule has 0 atom stereocenters. The summed E-state index contributed by atoms with van der Waals surface area (Å²) in [5.74, 6) is -0.456. The van der Waals surface area contributed by atoms with Crippen LogP contribution in [0.3, 0.4) is 0 Å². The molecule has 0 spiro atoms. The maximum Gasteiger partial charge on any atom is 0.355 e. The largest absolute Gasteiger partial charge is 0.461 e. The lowest BCUT2D eigenvalue weighted by Crippen LogP contribution is -2.10. The van der Waals surface area contributed by atoms with E-state index in [-0.39, 0.29) is 26.4 Å². The number of carbonyl (C=O) groups is 1. The molecule has 5 N–H and O–H groups in total. The minimum atomic E-state index is -0.456. The van der Waals surface area contributed by atoms with Crippen LogP contribution in [0, 0.1) is 0 Å². The minimum Gasteiger partial charge on any atom is -0.461 e. The molecule has 8 nitrogen and oxygen atoms in total. The Kier molecular flexibility index (Phi) is 11.8. The van der Waals surface area contributed by atoms with Crippen LogP contribution in [0.2, 0.25) is 0 Å². The third-order valence-corrected chi connectivity index (χ3v) is 4.85. The molecule has 1 aromatic carbocycles. The number of aromatic nitrogens is 1. The van der Waals surface area contributed by atoms with E-state index in [0.29, 0.717) is 47.5 Å². The van der Waals surface area contributed by atoms with E-state index in [1.54, 1.807) is 33.2 Å². The van der Waals surface area contributed by atoms with Gasteiger partial charge in [0, 0.05) is 24.9 Å². The number of aliphatic hydroxyl groups excluding tert-OH is 3. The SMILES string of the molecule is C=C.CCOC(=O)c1[nH]c(CNC)c(-c2ccc(CO)c(CO)c2CO)c1CCOC. The Morgan fingerprint density at radius 3 is 2.29 bits per heavy atom. The lowest BCUT2D eigenvalue weighted by Gasteiger charge is -2.17. The quantitative estimate of drug-likeness (QED) is 0.271. The van der Waals surface area contributed by atoms with Gasteiger partial charge in [-0.2, -0.15) is 0 Å². The van der Waals surface area contributed by atoms with Gasteiger partial charge in [-0.1, -0.05) is 12.1 Å². The number of methoxy groups -OCH3 is 1. The van der Waals surface area contributed by atoms with Gasteiger partial charge in [-0.05, 0) is 48.2 Å². The molecule has 0 bridgehead atoms. The van der Waals surface area contributed by atoms with Gasteiger partial charge in [0.25, 0.3) is 0 Å². The van der Waals surface area contributed by atoms with Crippen LogP contribution in [-0.2, 0) is 42.3 Å². The van der Waals surface area contributed by atoms with Gasteiger partial charge >= 0.3 is 5.97 Å². The Morgan fingerprint density at radius 2 is 1.77 bits per heavy atom. The Morgan fingerprint density at radius 1 is 1.10 bits per heavy atom. The number of hydrogen-bond acceptors (Lipinski definition) is 7. The summed E-state index contributed by atoms with van der Waals surface area (Å²) < 4.78 is 10.4. The fourth-order valence-corrected chi connectivity index (χ4v) is 3.56. The second-order valence-corrected chi connectivity index (χ2v) is 6.53. The van der Waals surface area contributed by atoms with Crippen LogP contribution >= 0.6 is 0 Å². The summed E-state index contributed by atoms with van der Waals surface area (Å²) in [6.45, 7) is 7.97. The van der Waals surface area contributed by atoms with E-state index in [1.807, 2.05) is 0 Å². The van der Waals surface area contributed by atoms with E-state index in [1.165, 1.54) is 0 Å². The Hall–Kier alpha value is -2.49. The molecule has 0 aliphatic rings. The van der Waals surface area contributed by atoms with Crippen LogP contribution in [0.15, 0.2) is 25.3 Å². The van der Waals surface area contributed by atoms with Gasteiger partial charge in [0.05, 0.1) is 33.0 Å². The number of rotatable bonds is 11. The van der Waals surface area contributed by atoms with E-state index in [2.05, 4.69) is 23.5 Å². The number of aliphatic hydroxyl groups is 3. The third-order valence-electron chi connectivity index (χ3n) is 4.85. The van der Waals surface area contributed by atoms with Gasteiger partial charge in [0.15, 0.2) is 0 Å². The molecule has 0 saturated carbocycles. The number of esters is 1. The first-order valence-corrected chi connectivity index (χ1v) is 10.1. The average Bonchev–Trinajstić information content (AvgIpc) is 3.16. The fourth-order valence-electron chi connectivity index (χ4n) is 3.56. The zero-order valence-electron chi connectivity index (χ0n) is 18.6. The van der Waals surface area contributed by atoms with Gasteiger partial charge < -0.3 is 35.1 Å². The molecule has 0 unspecified atom stereocenters. The molecule has 0 saturated heterocycles. The average molecular weight is 435 g/mol. The van der Waals surface area contributed by atoms with Crippen molar-refractivity contribution in [2.75, 3.05) is 27.4 Å². The van der Waals surface area contributed by atoms with E-state index < -0.39 is 5.97 Å². The van der Waals surface area contributed by atoms with Crippen molar-refractivity contribution in [3.8, 4) is 11.1 Å². The van der Waals surface area contributed by atoms with Crippen molar-refractivity contribution in [1.29, 1.82) is 0 Å². The molecule has 0 radical (unpaired) electrons. The van der Waals surface area contributed by atoms with Crippen LogP contribution < -0.4 is 5.32 Å². The van der Waals surface area contributed by atoms with Crippen molar-refractivity contribution < 1.29 is 29.6 Å². The summed E-state index contributed by atoms with van der Waals surface area (Å²) in [6, 6.07) is 3.52. The first-order valence-electron chi connectivity index (χ1n) is 10.1. The van der Waals surface area contributed by atoms with Crippen LogP contribution in [0.5, 0.6) is 0 Å². The normalized spacial score (nSPS) is 10.5. The van der Waals surface area contributed by atoms with Crippen molar-refractivity contribution in [2.45, 2.75) is 39.7 Å². The number of aromatic amines is 1. The first kappa shape index (κ1) is 26.5. The topological polar surface area (TPSA) is 124 Å². The number of H-pyrrole nitrogens is 1. The maximum atomic E-state index is 12.6. The lowest BCUT2D eigenvalue weighted by molar-refractivity contribution is 0.0518. The first-order chi connectivity index (χ1) is 15.1. The number of benzene rings is 1. The van der Waals surface area contributed by atoms with Gasteiger partial charge in [0.2, 0.25) is 0 Å². The molecular weight excluding hydrogens is 400 g/mol. The highest BCUT2D eigenvalue weighted by molar-refractivity contribution is 5.93. The summed E-state index contributed by atoms with van der Waals surface area (Å²) in [5, 5.41) is 32.6. The van der Waals surface area contributed by atoms with E-state index in [9.17, 15) is 20.1 Å². The minimum absolute atomic E-state index is 0.246. The molecule has 0 aliphatic heterocycles. The van der Waals surface area contributed by atoms with E-state index in [4.69, 9.17) is 9.47 Å². The summed E-state index contributed by atoms with van der Waals surface area (Å²) in [5.41, 5.74) is 4.85. The highest BCUT2D eigenvalue weighted by atomic mass is 16.5. The standard InChI is InChI=1S/C21H30N2O6.C2H4/c1-4-29-21(27)20-15(7-8-28-3)19(18(23-20)9-22-2)14-6-5-13(10-24)16(11-25)17(14)12-26;1-2/h5-6,22-26H,4,7-12H2,1-3H3;1-2H2. The van der Waals surface area contributed by atoms with Crippen LogP contribution in [0.1, 0.15) is 45.4 Å². The number of carbonyl (C=O) groups excluding carboxylic acids is 1. The predicted octanol–water partition coefficient (Wildman–Crippen LogP) is 2.05. The summed E-state index contributed by atoms with van der Waals surface area (Å²) in [4.78, 5) is 15.7. The fraction of sp³-hybridized carbons (Fsp3) is 0.435. The van der Waals surface area contributed by atoms with Gasteiger partial charge in [-0.3, -0.25) is 0 Å². The number of ether oxygens (including phenoxy) is 2. The molecule has 0 aliphatic carbocycles. The van der Waals surface area contributed by atoms with Crippen molar-refractivity contribution in [3.05, 3.63) is 58.9 Å². The van der Waals surface area contributed by atoms with E-state index >= 15 is 0 Å². The second-order valence-electron chi connectivity index (χ2n) is 6.53. The second kappa shape index (κ2) is 13.7. The highest BCUT2D eigenvalue weighted by Gasteiger charge is 2.26. The third kappa shape index (κ3) is 6.03. The van der Waals surface area contributed by atoms with Crippen LogP contribution in [0.4, 0.5) is 0 Å². The summed E-state index contributed by atoms with van der Waals surface area (Å²) in [6.07, 6.45) is 0.460. The molecule has 8 heteroatoms. The Labute approximate surface area is 183 Å². The van der Waals surface area contributed by atoms with Crippen molar-refractivity contribution in [2.24, 2.45) is 0 Å². The van der Waals surface area contributed by atoms with Crippen molar-refractivity contribution in [1.82, 2.24) is 10.3 Å². The highest BCUT2D eigenvalue weighted by Crippen LogP contribution is 2.36. The van der Waals surface area contributed by atoms with Gasteiger partial charge in [-0.15, -0.1) is 13.2 Å². The molecule has 0 amide bonds. The molecule has 2 aromatic rings. The maximum absolute atomic E-state index is 12.6. The molecule has 2 rings (SSSR count). The molecule has 31 heavy (non-hydrogen) atoms. The lowest BCUT2D eigenvalue weighted by atomic mass is 9.89. The molecule has 1 heterocycles. The zero-order valence-corrected chi connectivity index (χ0v) is 18.6. The monoisotopic (exact) mass is 434 g/mol. The summed E-state index contributed by atoms with van der Waals surface area (Å²) in [7, 11) is 3.38. The molecule has 172 valence electrons. The van der Waals surface area contributed by atoms with E-state index in [0.717, 1.165) is 16.8 Å². The predicted molar refractivity (Wildman–Crippen MR) is 120 cm³/mol. The molecule has 1 aromatic heterocycles. The van der Waals surface area contributed by atoms with Crippen molar-refractivity contribution in [3.63, 3.8) is 0 Å². The zero-order chi connectivity index (χ0) is 23.4. The van der Waals surface area contributed by atoms with Crippen LogP contribution in [0.25, 0.3) is 11.1 Å². The number of hydrogen-bond donors (Lipinski definition) is 5.